The lowest BCUT2D eigenvalue weighted by molar-refractivity contribution is -0.345. The molecule has 9 atom stereocenters. The second-order valence-electron chi connectivity index (χ2n) is 9.83. The molecule has 42 heavy (non-hydrogen) atoms. The van der Waals surface area contributed by atoms with Crippen molar-refractivity contribution < 1.29 is 69.0 Å². The number of aromatic hydroxyl groups is 2. The van der Waals surface area contributed by atoms with Crippen molar-refractivity contribution in [3.8, 4) is 34.3 Å². The van der Waals surface area contributed by atoms with E-state index < -0.39 is 85.4 Å². The Morgan fingerprint density at radius 1 is 0.929 bits per heavy atom. The van der Waals surface area contributed by atoms with E-state index in [1.165, 1.54) is 43.5 Å². The first-order valence-electron chi connectivity index (χ1n) is 12.8. The molecule has 0 aliphatic carbocycles. The zero-order valence-corrected chi connectivity index (χ0v) is 22.0. The molecule has 2 fully saturated rings. The number of hydrogen-bond acceptors (Lipinski definition) is 15. The molecule has 3 aromatic rings. The van der Waals surface area contributed by atoms with Crippen LogP contribution in [0.15, 0.2) is 45.6 Å². The Morgan fingerprint density at radius 2 is 1.64 bits per heavy atom. The van der Waals surface area contributed by atoms with Crippen molar-refractivity contribution in [2.45, 2.75) is 55.3 Å². The van der Waals surface area contributed by atoms with E-state index in [9.17, 15) is 45.6 Å². The van der Waals surface area contributed by atoms with E-state index in [-0.39, 0.29) is 33.8 Å². The molecule has 1 aromatic heterocycles. The van der Waals surface area contributed by atoms with Gasteiger partial charge in [0.15, 0.2) is 18.2 Å². The Hall–Kier alpha value is -3.51. The number of aliphatic hydroxyl groups is 6. The van der Waals surface area contributed by atoms with Crippen LogP contribution in [-0.4, -0.2) is 116 Å². The van der Waals surface area contributed by atoms with Crippen LogP contribution in [0.5, 0.6) is 23.0 Å². The second kappa shape index (κ2) is 12.0. The van der Waals surface area contributed by atoms with Gasteiger partial charge in [-0.3, -0.25) is 4.79 Å². The number of rotatable bonds is 7. The van der Waals surface area contributed by atoms with Gasteiger partial charge in [-0.2, -0.15) is 0 Å². The van der Waals surface area contributed by atoms with Gasteiger partial charge in [-0.15, -0.1) is 0 Å². The van der Waals surface area contributed by atoms with E-state index in [1.54, 1.807) is 0 Å². The predicted octanol–water partition coefficient (Wildman–Crippen LogP) is -1.48. The Bertz CT molecular complexity index is 1460. The van der Waals surface area contributed by atoms with Crippen molar-refractivity contribution in [1.29, 1.82) is 0 Å². The Kier molecular flexibility index (Phi) is 8.56. The van der Waals surface area contributed by atoms with Crippen LogP contribution in [0, 0.1) is 0 Å². The number of phenols is 2. The molecule has 0 unspecified atom stereocenters. The summed E-state index contributed by atoms with van der Waals surface area (Å²) in [4.78, 5) is 13.8. The summed E-state index contributed by atoms with van der Waals surface area (Å²) >= 11 is 0. The minimum Gasteiger partial charge on any atom is -0.508 e. The molecule has 2 aliphatic rings. The van der Waals surface area contributed by atoms with Gasteiger partial charge in [0.1, 0.15) is 64.8 Å². The molecule has 8 N–H and O–H groups in total. The predicted molar refractivity (Wildman–Crippen MR) is 139 cm³/mol. The van der Waals surface area contributed by atoms with Crippen LogP contribution in [0.3, 0.4) is 0 Å². The van der Waals surface area contributed by atoms with Crippen molar-refractivity contribution in [2.24, 2.45) is 0 Å². The topological polar surface area (TPSA) is 238 Å². The van der Waals surface area contributed by atoms with Gasteiger partial charge in [0.25, 0.3) is 0 Å². The highest BCUT2D eigenvalue weighted by atomic mass is 16.8. The van der Waals surface area contributed by atoms with E-state index in [4.69, 9.17) is 28.1 Å². The van der Waals surface area contributed by atoms with Gasteiger partial charge in [0.05, 0.1) is 20.3 Å². The van der Waals surface area contributed by atoms with Crippen LogP contribution in [0.1, 0.15) is 0 Å². The largest absolute Gasteiger partial charge is 0.508 e. The quantitative estimate of drug-likeness (QED) is 0.156. The number of benzene rings is 2. The minimum atomic E-state index is -1.84. The highest BCUT2D eigenvalue weighted by molar-refractivity contribution is 5.88. The van der Waals surface area contributed by atoms with Crippen LogP contribution in [0.4, 0.5) is 0 Å². The average Bonchev–Trinajstić information content (AvgIpc) is 2.97. The lowest BCUT2D eigenvalue weighted by atomic mass is 9.98. The standard InChI is InChI=1S/C27H30O15/c1-37-12-6-13(30)17-15(7-12)39-23(10-2-4-11(29)5-3-10)24(20(17)34)41-27-25(21(35)19(33)16(8-28)40-27)42-26-22(36)18(32)14(31)9-38-26/h2-7,14,16,18-19,21-22,25-33,35-36H,8-9H2,1H3/t14-,16+,18+,19-,21-,22-,25+,26-,27-/m0/s1. The first-order valence-corrected chi connectivity index (χ1v) is 12.8. The van der Waals surface area contributed by atoms with Crippen molar-refractivity contribution in [3.63, 3.8) is 0 Å². The zero-order valence-electron chi connectivity index (χ0n) is 22.0. The summed E-state index contributed by atoms with van der Waals surface area (Å²) in [6.07, 6.45) is -15.0. The molecule has 0 radical (unpaired) electrons. The molecular weight excluding hydrogens is 564 g/mol. The van der Waals surface area contributed by atoms with E-state index >= 15 is 0 Å². The van der Waals surface area contributed by atoms with Gasteiger partial charge in [0, 0.05) is 17.7 Å². The summed E-state index contributed by atoms with van der Waals surface area (Å²) in [7, 11) is 1.35. The highest BCUT2D eigenvalue weighted by Crippen LogP contribution is 2.38. The number of hydrogen-bond donors (Lipinski definition) is 8. The third kappa shape index (κ3) is 5.49. The second-order valence-corrected chi connectivity index (χ2v) is 9.83. The minimum absolute atomic E-state index is 0.0837. The van der Waals surface area contributed by atoms with Crippen LogP contribution < -0.4 is 14.9 Å². The Labute approximate surface area is 236 Å². The Balaban J connectivity index is 1.61. The maximum Gasteiger partial charge on any atom is 0.239 e. The lowest BCUT2D eigenvalue weighted by Gasteiger charge is -2.44. The Morgan fingerprint density at radius 3 is 2.31 bits per heavy atom. The summed E-state index contributed by atoms with van der Waals surface area (Å²) in [6, 6.07) is 8.00. The summed E-state index contributed by atoms with van der Waals surface area (Å²) in [5.41, 5.74) is -0.741. The molecule has 15 heteroatoms. The average molecular weight is 595 g/mol. The van der Waals surface area contributed by atoms with Gasteiger partial charge < -0.3 is 69.0 Å². The highest BCUT2D eigenvalue weighted by Gasteiger charge is 2.50. The number of fused-ring (bicyclic) bond motifs is 1. The molecule has 5 rings (SSSR count). The van der Waals surface area contributed by atoms with Crippen LogP contribution >= 0.6 is 0 Å². The fraction of sp³-hybridized carbons (Fsp3) is 0.444. The first kappa shape index (κ1) is 30.0. The van der Waals surface area contributed by atoms with Crippen molar-refractivity contribution in [1.82, 2.24) is 0 Å². The first-order chi connectivity index (χ1) is 20.0. The lowest BCUT2D eigenvalue weighted by Crippen LogP contribution is -2.64. The summed E-state index contributed by atoms with van der Waals surface area (Å²) in [5.74, 6) is -1.16. The molecule has 2 saturated heterocycles. The summed E-state index contributed by atoms with van der Waals surface area (Å²) in [5, 5.41) is 81.4. The fourth-order valence-electron chi connectivity index (χ4n) is 4.75. The molecule has 0 bridgehead atoms. The maximum absolute atomic E-state index is 13.8. The maximum atomic E-state index is 13.8. The smallest absolute Gasteiger partial charge is 0.239 e. The third-order valence-electron chi connectivity index (χ3n) is 7.08. The van der Waals surface area contributed by atoms with Crippen LogP contribution in [0.25, 0.3) is 22.3 Å². The van der Waals surface area contributed by atoms with Gasteiger partial charge >= 0.3 is 0 Å². The van der Waals surface area contributed by atoms with Crippen LogP contribution in [-0.2, 0) is 14.2 Å². The zero-order chi connectivity index (χ0) is 30.3. The number of phenolic OH excluding ortho intramolecular Hbond substituents is 2. The SMILES string of the molecule is COc1cc(O)c2c(=O)c(O[C@@H]3O[C@H](CO)[C@H](O)[C@H](O)[C@H]3O[C@@H]3OC[C@H](O)[C@@H](O)[C@@H]3O)c(-c3ccc(O)cc3)oc2c1. The fourth-order valence-corrected chi connectivity index (χ4v) is 4.75. The number of methoxy groups -OCH3 is 1. The van der Waals surface area contributed by atoms with Gasteiger partial charge in [-0.05, 0) is 24.3 Å². The van der Waals surface area contributed by atoms with E-state index in [2.05, 4.69) is 0 Å². The third-order valence-corrected chi connectivity index (χ3v) is 7.08. The molecule has 0 spiro atoms. The van der Waals surface area contributed by atoms with Gasteiger partial charge in [-0.1, -0.05) is 0 Å². The van der Waals surface area contributed by atoms with Gasteiger partial charge in [0.2, 0.25) is 17.5 Å². The summed E-state index contributed by atoms with van der Waals surface area (Å²) in [6.45, 7) is -1.22. The normalized spacial score (nSPS) is 31.6. The molecule has 228 valence electrons. The van der Waals surface area contributed by atoms with Crippen LogP contribution in [0.2, 0.25) is 0 Å². The molecular formula is C27H30O15. The molecule has 2 aliphatic heterocycles. The molecule has 0 amide bonds. The van der Waals surface area contributed by atoms with Crippen molar-refractivity contribution in [3.05, 3.63) is 46.6 Å². The monoisotopic (exact) mass is 594 g/mol. The number of aliphatic hydroxyl groups excluding tert-OH is 6. The van der Waals surface area contributed by atoms with E-state index in [1.807, 2.05) is 0 Å². The van der Waals surface area contributed by atoms with Gasteiger partial charge in [-0.25, -0.2) is 0 Å². The molecule has 3 heterocycles. The molecule has 15 nitrogen and oxygen atoms in total. The van der Waals surface area contributed by atoms with Crippen molar-refractivity contribution in [2.75, 3.05) is 20.3 Å². The number of ether oxygens (including phenoxy) is 5. The summed E-state index contributed by atoms with van der Waals surface area (Å²) < 4.78 is 33.6. The van der Waals surface area contributed by atoms with E-state index in [0.29, 0.717) is 0 Å². The van der Waals surface area contributed by atoms with Crippen molar-refractivity contribution >= 4 is 11.0 Å². The molecule has 2 aromatic carbocycles. The molecule has 0 saturated carbocycles. The van der Waals surface area contributed by atoms with E-state index in [0.717, 1.165) is 0 Å².